The smallest absolute Gasteiger partial charge is 0.315 e. The number of nitrogens with one attached hydrogen (secondary N) is 2. The van der Waals surface area contributed by atoms with Gasteiger partial charge in [0.2, 0.25) is 0 Å². The van der Waals surface area contributed by atoms with Crippen LogP contribution in [-0.2, 0) is 13.0 Å². The van der Waals surface area contributed by atoms with Crippen LogP contribution in [0.4, 0.5) is 4.79 Å². The van der Waals surface area contributed by atoms with E-state index in [9.17, 15) is 4.79 Å². The van der Waals surface area contributed by atoms with Crippen LogP contribution in [0.2, 0.25) is 0 Å². The number of aromatic nitrogens is 1. The van der Waals surface area contributed by atoms with Crippen LogP contribution in [0.15, 0.2) is 47.8 Å². The van der Waals surface area contributed by atoms with Crippen molar-refractivity contribution >= 4 is 28.7 Å². The minimum atomic E-state index is -0.142. The number of carbonyl (C=O) groups is 1. The fourth-order valence-corrected chi connectivity index (χ4v) is 4.08. The predicted molar refractivity (Wildman–Crippen MR) is 101 cm³/mol. The average molecular weight is 358 g/mol. The number of aryl methyl sites for hydroxylation is 1. The lowest BCUT2D eigenvalue weighted by atomic mass is 10.1. The summed E-state index contributed by atoms with van der Waals surface area (Å²) in [7, 11) is 0. The Labute approximate surface area is 149 Å². The molecule has 2 aromatic heterocycles. The molecular formula is C18H19N3OS2. The topological polar surface area (TPSA) is 54.0 Å². The van der Waals surface area contributed by atoms with Gasteiger partial charge in [0.1, 0.15) is 5.01 Å². The highest BCUT2D eigenvalue weighted by Crippen LogP contribution is 2.30. The maximum Gasteiger partial charge on any atom is 0.315 e. The maximum absolute atomic E-state index is 11.9. The highest BCUT2D eigenvalue weighted by Gasteiger charge is 2.11. The number of thiophene rings is 1. The fraction of sp³-hybridized carbons (Fsp3) is 0.222. The van der Waals surface area contributed by atoms with Crippen LogP contribution in [0.25, 0.3) is 9.88 Å². The van der Waals surface area contributed by atoms with E-state index in [0.717, 1.165) is 22.0 Å². The maximum atomic E-state index is 11.9. The van der Waals surface area contributed by atoms with E-state index < -0.39 is 0 Å². The van der Waals surface area contributed by atoms with Crippen molar-refractivity contribution in [3.8, 4) is 9.88 Å². The van der Waals surface area contributed by atoms with E-state index in [4.69, 9.17) is 0 Å². The third-order valence-electron chi connectivity index (χ3n) is 3.58. The summed E-state index contributed by atoms with van der Waals surface area (Å²) in [5.41, 5.74) is 2.20. The molecule has 0 spiro atoms. The van der Waals surface area contributed by atoms with E-state index in [1.165, 1.54) is 10.4 Å². The van der Waals surface area contributed by atoms with E-state index in [0.29, 0.717) is 13.1 Å². The number of carbonyl (C=O) groups excluding carboxylic acids is 1. The molecule has 0 aliphatic heterocycles. The number of benzene rings is 1. The number of hydrogen-bond acceptors (Lipinski definition) is 4. The van der Waals surface area contributed by atoms with Crippen molar-refractivity contribution in [3.05, 3.63) is 64.0 Å². The molecule has 0 fully saturated rings. The molecule has 0 aliphatic carbocycles. The van der Waals surface area contributed by atoms with Crippen molar-refractivity contribution < 1.29 is 4.79 Å². The van der Waals surface area contributed by atoms with Crippen LogP contribution in [0, 0.1) is 6.92 Å². The molecule has 0 saturated heterocycles. The molecule has 4 nitrogen and oxygen atoms in total. The first-order chi connectivity index (χ1) is 11.7. The second-order valence-electron chi connectivity index (χ2n) is 5.35. The van der Waals surface area contributed by atoms with Crippen LogP contribution in [0.5, 0.6) is 0 Å². The van der Waals surface area contributed by atoms with Gasteiger partial charge in [-0.15, -0.1) is 22.7 Å². The first-order valence-corrected chi connectivity index (χ1v) is 9.48. The van der Waals surface area contributed by atoms with Crippen LogP contribution in [0.3, 0.4) is 0 Å². The van der Waals surface area contributed by atoms with Crippen molar-refractivity contribution in [2.45, 2.75) is 19.9 Å². The summed E-state index contributed by atoms with van der Waals surface area (Å²) in [5, 5.41) is 8.86. The lowest BCUT2D eigenvalue weighted by Crippen LogP contribution is -2.36. The summed E-state index contributed by atoms with van der Waals surface area (Å²) in [4.78, 5) is 18.8. The zero-order valence-electron chi connectivity index (χ0n) is 13.4. The zero-order valence-corrected chi connectivity index (χ0v) is 15.0. The number of rotatable bonds is 6. The van der Waals surface area contributed by atoms with Gasteiger partial charge in [-0.05, 0) is 30.4 Å². The number of thiazole rings is 1. The number of hydrogen-bond donors (Lipinski definition) is 2. The Morgan fingerprint density at radius 2 is 1.96 bits per heavy atom. The lowest BCUT2D eigenvalue weighted by molar-refractivity contribution is 0.240. The molecule has 2 N–H and O–H groups in total. The molecule has 2 amide bonds. The molecular weight excluding hydrogens is 338 g/mol. The van der Waals surface area contributed by atoms with Gasteiger partial charge in [0.05, 0.1) is 17.1 Å². The zero-order chi connectivity index (χ0) is 16.8. The third-order valence-corrected chi connectivity index (χ3v) is 5.77. The van der Waals surface area contributed by atoms with E-state index in [1.54, 1.807) is 22.7 Å². The molecule has 0 saturated carbocycles. The normalized spacial score (nSPS) is 10.5. The molecule has 0 atom stereocenters. The largest absolute Gasteiger partial charge is 0.338 e. The molecule has 124 valence electrons. The molecule has 3 aromatic rings. The van der Waals surface area contributed by atoms with Gasteiger partial charge < -0.3 is 10.6 Å². The summed E-state index contributed by atoms with van der Waals surface area (Å²) in [6, 6.07) is 14.1. The first kappa shape index (κ1) is 16.7. The van der Waals surface area contributed by atoms with E-state index in [2.05, 4.69) is 33.8 Å². The van der Waals surface area contributed by atoms with Gasteiger partial charge in [-0.25, -0.2) is 9.78 Å². The molecule has 6 heteroatoms. The minimum absolute atomic E-state index is 0.142. The summed E-state index contributed by atoms with van der Waals surface area (Å²) in [6.45, 7) is 3.11. The second kappa shape index (κ2) is 8.08. The van der Waals surface area contributed by atoms with Crippen LogP contribution >= 0.6 is 22.7 Å². The molecule has 2 heterocycles. The van der Waals surface area contributed by atoms with Crippen molar-refractivity contribution in [3.63, 3.8) is 0 Å². The second-order valence-corrected chi connectivity index (χ2v) is 7.38. The number of amides is 2. The van der Waals surface area contributed by atoms with Gasteiger partial charge in [-0.2, -0.15) is 0 Å². The Morgan fingerprint density at radius 1 is 1.12 bits per heavy atom. The van der Waals surface area contributed by atoms with Crippen LogP contribution < -0.4 is 10.6 Å². The number of nitrogens with zero attached hydrogens (tertiary/aromatic N) is 1. The summed E-state index contributed by atoms with van der Waals surface area (Å²) in [5.74, 6) is 0. The number of urea groups is 1. The summed E-state index contributed by atoms with van der Waals surface area (Å²) >= 11 is 3.32. The Morgan fingerprint density at radius 3 is 2.71 bits per heavy atom. The van der Waals surface area contributed by atoms with Gasteiger partial charge in [0, 0.05) is 11.4 Å². The van der Waals surface area contributed by atoms with Gasteiger partial charge in [0.15, 0.2) is 0 Å². The van der Waals surface area contributed by atoms with E-state index >= 15 is 0 Å². The average Bonchev–Trinajstić information content (AvgIpc) is 3.23. The highest BCUT2D eigenvalue weighted by molar-refractivity contribution is 7.21. The van der Waals surface area contributed by atoms with E-state index in [1.807, 2.05) is 36.6 Å². The minimum Gasteiger partial charge on any atom is -0.338 e. The molecule has 0 bridgehead atoms. The first-order valence-electron chi connectivity index (χ1n) is 7.78. The SMILES string of the molecule is Cc1nc(-c2cccs2)sc1CNC(=O)NCCc1ccccc1. The molecule has 1 aromatic carbocycles. The van der Waals surface area contributed by atoms with E-state index in [-0.39, 0.29) is 6.03 Å². The lowest BCUT2D eigenvalue weighted by Gasteiger charge is -2.07. The highest BCUT2D eigenvalue weighted by atomic mass is 32.1. The standard InChI is InChI=1S/C18H19N3OS2/c1-13-16(24-17(21-13)15-8-5-11-23-15)12-20-18(22)19-10-9-14-6-3-2-4-7-14/h2-8,11H,9-10,12H2,1H3,(H2,19,20,22). The van der Waals surface area contributed by atoms with Gasteiger partial charge in [0.25, 0.3) is 0 Å². The fourth-order valence-electron chi connectivity index (χ4n) is 2.29. The Bertz CT molecular complexity index is 782. The molecule has 0 radical (unpaired) electrons. The van der Waals surface area contributed by atoms with Gasteiger partial charge in [-0.3, -0.25) is 0 Å². The monoisotopic (exact) mass is 357 g/mol. The van der Waals surface area contributed by atoms with Crippen molar-refractivity contribution in [2.75, 3.05) is 6.54 Å². The molecule has 0 unspecified atom stereocenters. The quantitative estimate of drug-likeness (QED) is 0.694. The van der Waals surface area contributed by atoms with Gasteiger partial charge >= 0.3 is 6.03 Å². The third kappa shape index (κ3) is 4.43. The van der Waals surface area contributed by atoms with Gasteiger partial charge in [-0.1, -0.05) is 36.4 Å². The Hall–Kier alpha value is -2.18. The molecule has 24 heavy (non-hydrogen) atoms. The Kier molecular flexibility index (Phi) is 5.61. The summed E-state index contributed by atoms with van der Waals surface area (Å²) in [6.07, 6.45) is 0.830. The Balaban J connectivity index is 1.46. The predicted octanol–water partition coefficient (Wildman–Crippen LogP) is 4.22. The summed E-state index contributed by atoms with van der Waals surface area (Å²) < 4.78 is 0. The molecule has 0 aliphatic rings. The molecule has 3 rings (SSSR count). The van der Waals surface area contributed by atoms with Crippen molar-refractivity contribution in [1.29, 1.82) is 0 Å². The van der Waals surface area contributed by atoms with Crippen molar-refractivity contribution in [2.24, 2.45) is 0 Å². The van der Waals surface area contributed by atoms with Crippen LogP contribution in [-0.4, -0.2) is 17.6 Å². The van der Waals surface area contributed by atoms with Crippen molar-refractivity contribution in [1.82, 2.24) is 15.6 Å². The van der Waals surface area contributed by atoms with Crippen LogP contribution in [0.1, 0.15) is 16.1 Å².